The molecular weight excluding hydrogens is 1900 g/mol. The van der Waals surface area contributed by atoms with Crippen molar-refractivity contribution in [2.24, 2.45) is 0 Å². The molecular formula is C111H119F2N31O4S. The van der Waals surface area contributed by atoms with Gasteiger partial charge in [-0.25, -0.2) is 67.4 Å². The van der Waals surface area contributed by atoms with Gasteiger partial charge >= 0.3 is 0 Å². The summed E-state index contributed by atoms with van der Waals surface area (Å²) in [6, 6.07) is 60.7. The number of carbonyl (C=O) groups is 3. The maximum atomic E-state index is 13.1. The molecule has 38 heteroatoms. The SMILES string of the molecule is C.CCc1cn2cccc2c(N2CC[C@H](NC(=O)c3ncn(-c4ccccc4)n3)C2)n1.COc1ccc2cccnc2c1N1CCCN(Cc2ccn(-c3ccccc3)n2)CC1.O=C(N[C@H]1CCN(c2nccn3cccc23)C1)c1ncn(-c2ccc(F)cc2)n1.O=C(N[C@H]1CCN(c2nccn3ccnc23)C1)c1ncn(-c2ccc(F)cc2)n1.c1cnc2c(N3CCCN(Cc4csc(C5CCCCC5)n4)CC3)cccc2c1. The summed E-state index contributed by atoms with van der Waals surface area (Å²) in [5, 5.41) is 32.6. The molecule has 149 heavy (non-hydrogen) atoms. The van der Waals surface area contributed by atoms with Crippen LogP contribution < -0.4 is 45.2 Å². The van der Waals surface area contributed by atoms with Gasteiger partial charge in [0.15, 0.2) is 23.1 Å². The highest BCUT2D eigenvalue weighted by Gasteiger charge is 2.34. The van der Waals surface area contributed by atoms with Gasteiger partial charge in [-0.05, 0) is 185 Å². The second-order valence-electron chi connectivity index (χ2n) is 37.6. The molecule has 0 unspecified atom stereocenters. The summed E-state index contributed by atoms with van der Waals surface area (Å²) >= 11 is 1.89. The summed E-state index contributed by atoms with van der Waals surface area (Å²) < 4.78 is 44.4. The molecule has 5 saturated heterocycles. The van der Waals surface area contributed by atoms with Gasteiger partial charge in [-0.2, -0.15) is 5.10 Å². The summed E-state index contributed by atoms with van der Waals surface area (Å²) in [5.41, 5.74) is 14.1. The van der Waals surface area contributed by atoms with Crippen molar-refractivity contribution in [3.05, 3.63) is 344 Å². The summed E-state index contributed by atoms with van der Waals surface area (Å²) in [4.78, 5) is 99.2. The number of imidazole rings is 1. The number of hydrogen-bond acceptors (Lipinski definition) is 26. The summed E-state index contributed by atoms with van der Waals surface area (Å²) in [7, 11) is 1.74. The monoisotopic (exact) mass is 2020 g/mol. The van der Waals surface area contributed by atoms with E-state index in [2.05, 4.69) is 195 Å². The lowest BCUT2D eigenvalue weighted by Gasteiger charge is -2.26. The van der Waals surface area contributed by atoms with Crippen LogP contribution in [-0.2, 0) is 19.5 Å². The highest BCUT2D eigenvalue weighted by atomic mass is 32.1. The number of hydrogen-bond donors (Lipinski definition) is 3. The van der Waals surface area contributed by atoms with E-state index in [-0.39, 0.29) is 72.4 Å². The number of para-hydroxylation sites is 3. The average molecular weight is 2020 g/mol. The first-order valence-corrected chi connectivity index (χ1v) is 51.5. The molecule has 3 atom stereocenters. The van der Waals surface area contributed by atoms with Gasteiger partial charge in [0, 0.05) is 219 Å². The maximum Gasteiger partial charge on any atom is 0.291 e. The van der Waals surface area contributed by atoms with Crippen LogP contribution in [0.5, 0.6) is 5.75 Å². The van der Waals surface area contributed by atoms with Crippen LogP contribution in [0.15, 0.2) is 293 Å². The summed E-state index contributed by atoms with van der Waals surface area (Å²) in [5.74, 6) is 3.04. The van der Waals surface area contributed by atoms with E-state index in [0.717, 1.165) is 208 Å². The van der Waals surface area contributed by atoms with E-state index in [4.69, 9.17) is 19.8 Å². The van der Waals surface area contributed by atoms with E-state index >= 15 is 0 Å². The second-order valence-corrected chi connectivity index (χ2v) is 38.5. The number of amides is 3. The molecule has 0 radical (unpaired) electrons. The van der Waals surface area contributed by atoms with Crippen LogP contribution in [0.25, 0.3) is 61.2 Å². The lowest BCUT2D eigenvalue weighted by molar-refractivity contribution is 0.0921. The molecule has 762 valence electrons. The molecule has 6 fully saturated rings. The van der Waals surface area contributed by atoms with Gasteiger partial charge < -0.3 is 58.4 Å². The van der Waals surface area contributed by atoms with Crippen LogP contribution in [0.3, 0.4) is 0 Å². The maximum absolute atomic E-state index is 13.1. The Morgan fingerprint density at radius 1 is 0.389 bits per heavy atom. The number of rotatable bonds is 22. The minimum absolute atomic E-state index is 0. The molecule has 3 N–H and O–H groups in total. The minimum Gasteiger partial charge on any atom is -0.494 e. The molecule has 6 aromatic carbocycles. The molecule has 13 aromatic heterocycles. The van der Waals surface area contributed by atoms with Gasteiger partial charge in [0.2, 0.25) is 17.5 Å². The fourth-order valence-corrected chi connectivity index (χ4v) is 21.1. The predicted octanol–water partition coefficient (Wildman–Crippen LogP) is 16.2. The first-order chi connectivity index (χ1) is 72.7. The van der Waals surface area contributed by atoms with E-state index in [1.54, 1.807) is 61.0 Å². The van der Waals surface area contributed by atoms with Crippen LogP contribution in [0.1, 0.15) is 138 Å². The number of aryl methyl sites for hydroxylation is 1. The molecule has 25 rings (SSSR count). The topological polar surface area (TPSA) is 333 Å². The largest absolute Gasteiger partial charge is 0.494 e. The van der Waals surface area contributed by atoms with E-state index in [0.29, 0.717) is 31.0 Å². The molecule has 1 aliphatic carbocycles. The van der Waals surface area contributed by atoms with Crippen LogP contribution in [0.4, 0.5) is 37.6 Å². The molecule has 3 amide bonds. The summed E-state index contributed by atoms with van der Waals surface area (Å²) in [6.07, 6.45) is 39.7. The molecule has 35 nitrogen and oxygen atoms in total. The lowest BCUT2D eigenvalue weighted by atomic mass is 9.90. The number of ether oxygens (including phenoxy) is 1. The van der Waals surface area contributed by atoms with Crippen molar-refractivity contribution in [1.29, 1.82) is 0 Å². The van der Waals surface area contributed by atoms with Crippen LogP contribution >= 0.6 is 11.3 Å². The second kappa shape index (κ2) is 46.8. The zero-order chi connectivity index (χ0) is 101. The first-order valence-electron chi connectivity index (χ1n) is 50.6. The molecule has 0 bridgehead atoms. The van der Waals surface area contributed by atoms with E-state index in [1.807, 2.05) is 153 Å². The number of carbonyl (C=O) groups excluding carboxylic acids is 3. The fourth-order valence-electron chi connectivity index (χ4n) is 20.2. The van der Waals surface area contributed by atoms with Crippen molar-refractivity contribution in [2.75, 3.05) is 123 Å². The Balaban J connectivity index is 0.000000113. The van der Waals surface area contributed by atoms with Crippen molar-refractivity contribution in [3.8, 4) is 28.5 Å². The molecule has 6 aliphatic rings. The fraction of sp³-hybridized carbons (Fsp3) is 0.306. The molecule has 19 aromatic rings. The molecule has 5 aliphatic heterocycles. The van der Waals surface area contributed by atoms with Gasteiger partial charge in [0.25, 0.3) is 17.7 Å². The smallest absolute Gasteiger partial charge is 0.291 e. The zero-order valence-corrected chi connectivity index (χ0v) is 83.2. The molecule has 1 saturated carbocycles. The predicted molar refractivity (Wildman–Crippen MR) is 573 cm³/mol. The minimum atomic E-state index is -0.343. The molecule has 0 spiro atoms. The lowest BCUT2D eigenvalue weighted by Crippen LogP contribution is -2.37. The average Bonchev–Trinajstić information content (AvgIpc) is 1.77. The number of nitrogens with zero attached hydrogens (tertiary/aromatic N) is 28. The van der Waals surface area contributed by atoms with Gasteiger partial charge in [-0.1, -0.05) is 94.3 Å². The van der Waals surface area contributed by atoms with E-state index in [9.17, 15) is 23.2 Å². The van der Waals surface area contributed by atoms with Gasteiger partial charge in [0.05, 0.1) is 79.7 Å². The Labute approximate surface area is 865 Å². The Morgan fingerprint density at radius 3 is 1.50 bits per heavy atom. The first kappa shape index (κ1) is 99.7. The van der Waals surface area contributed by atoms with Crippen LogP contribution in [0.2, 0.25) is 0 Å². The van der Waals surface area contributed by atoms with E-state index < -0.39 is 0 Å². The Hall–Kier alpha value is -16.6. The van der Waals surface area contributed by atoms with Crippen molar-refractivity contribution in [1.82, 2.24) is 128 Å². The van der Waals surface area contributed by atoms with E-state index in [1.165, 1.54) is 107 Å². The zero-order valence-electron chi connectivity index (χ0n) is 82.4. The van der Waals surface area contributed by atoms with Crippen molar-refractivity contribution in [3.63, 3.8) is 0 Å². The number of aromatic nitrogens is 21. The number of nitrogens with one attached hydrogen (secondary N) is 3. The van der Waals surface area contributed by atoms with Crippen molar-refractivity contribution in [2.45, 2.75) is 122 Å². The third kappa shape index (κ3) is 23.7. The number of halogens is 2. The number of anilines is 5. The van der Waals surface area contributed by atoms with Crippen LogP contribution in [-0.4, -0.2) is 247 Å². The summed E-state index contributed by atoms with van der Waals surface area (Å²) in [6.45, 7) is 16.7. The third-order valence-corrected chi connectivity index (χ3v) is 28.8. The quantitative estimate of drug-likeness (QED) is 0.0567. The third-order valence-electron chi connectivity index (χ3n) is 27.7. The Bertz CT molecular complexity index is 7520. The van der Waals surface area contributed by atoms with Gasteiger partial charge in [-0.15, -0.1) is 26.6 Å². The standard InChI is InChI=1S/C25H27N5O.C24H30N4S.C22H23N7O.C20H18FN7O.C19H17FN8O.CH4/c1-31-23-11-10-20-7-5-13-26-24(20)25(23)29-15-6-14-28(17-18-29)19-21-12-16-30(27-21)22-8-3-2-4-9-22;1-2-7-20(8-3-1)24-26-21(18-29-24)17-27-13-6-14-28(16-15-27)22-11-4-9-19-10-5-12-25-23(19)22;1-2-16-13-27-11-6-9-19(27)21(24-16)28-12-10-17(14-28)25-22(30)20-23-15-29(26-20)18-7-4-3-5-8-18;21-14-3-5-16(6-4-14)28-13-23-18(25-28)20(29)24-15-7-10-27(12-15)19-17-2-1-9-26(17)11-8-22-19;20-13-1-3-15(4-2-13)28-12-23-16(25-28)19(29)24-14-5-8-27(11-14)18-17-21-6-9-26(17)10-7-22-18;/h2-5,7-13,16H,6,14-15,17-19H2,1H3;4-5,9-12,18,20H,1-3,6-8,13-17H2;3-9,11,13,15,17H,2,10,12,14H2,1H3,(H,25,30);1-6,8-9,11,13,15H,7,10,12H2,(H,24,29);1-4,6-7,9-10,12,14H,5,8,11H2,(H,24,29);1H4/t;;17-;15-;14-;/m..000./s1. The van der Waals surface area contributed by atoms with Gasteiger partial charge in [-0.3, -0.25) is 34.2 Å². The number of pyridine rings is 2. The van der Waals surface area contributed by atoms with Crippen molar-refractivity contribution >= 4 is 96.4 Å². The van der Waals surface area contributed by atoms with Crippen molar-refractivity contribution < 1.29 is 27.9 Å². The number of benzene rings is 6. The number of fused-ring (bicyclic) bond motifs is 5. The Kier molecular flexibility index (Phi) is 31.3. The number of methoxy groups -OCH3 is 1. The highest BCUT2D eigenvalue weighted by Crippen LogP contribution is 2.39. The number of thiazole rings is 1. The normalized spacial score (nSPS) is 16.6. The van der Waals surface area contributed by atoms with Gasteiger partial charge in [0.1, 0.15) is 42.1 Å². The highest BCUT2D eigenvalue weighted by molar-refractivity contribution is 7.09. The Morgan fingerprint density at radius 2 is 0.899 bits per heavy atom. The molecule has 18 heterocycles. The van der Waals surface area contributed by atoms with Crippen LogP contribution in [0, 0.1) is 11.6 Å².